The quantitative estimate of drug-likeness (QED) is 0.209. The molecule has 0 radical (unpaired) electrons. The molecule has 1 heterocycles. The molecule has 7 nitrogen and oxygen atoms in total. The fourth-order valence-corrected chi connectivity index (χ4v) is 3.52. The number of esters is 1. The normalized spacial score (nSPS) is 10.7. The number of benzene rings is 2. The zero-order valence-electron chi connectivity index (χ0n) is 19.7. The van der Waals surface area contributed by atoms with Gasteiger partial charge in [0.05, 0.1) is 0 Å². The van der Waals surface area contributed by atoms with Crippen LogP contribution in [0.25, 0.3) is 11.0 Å². The second kappa shape index (κ2) is 11.3. The summed E-state index contributed by atoms with van der Waals surface area (Å²) in [6.07, 6.45) is 1.11. The van der Waals surface area contributed by atoms with Gasteiger partial charge in [0.25, 0.3) is 0 Å². The van der Waals surface area contributed by atoms with Gasteiger partial charge in [-0.15, -0.1) is 0 Å². The van der Waals surface area contributed by atoms with E-state index < -0.39 is 5.63 Å². The molecule has 0 aliphatic heterocycles. The fourth-order valence-electron chi connectivity index (χ4n) is 3.52. The van der Waals surface area contributed by atoms with Crippen LogP contribution in [-0.2, 0) is 22.4 Å². The molecule has 1 amide bonds. The minimum Gasteiger partial charge on any atom is -0.489 e. The molecule has 7 heteroatoms. The van der Waals surface area contributed by atoms with Gasteiger partial charge in [0, 0.05) is 36.9 Å². The summed E-state index contributed by atoms with van der Waals surface area (Å²) in [6, 6.07) is 12.5. The molecule has 178 valence electrons. The number of hydrogen-bond donors (Lipinski definition) is 1. The summed E-state index contributed by atoms with van der Waals surface area (Å²) in [5, 5.41) is 3.69. The van der Waals surface area contributed by atoms with Crippen molar-refractivity contribution in [1.82, 2.24) is 5.32 Å². The smallest absolute Gasteiger partial charge is 0.339 e. The molecule has 0 unspecified atom stereocenters. The first-order valence-corrected chi connectivity index (χ1v) is 11.1. The highest BCUT2D eigenvalue weighted by atomic mass is 16.5. The second-order valence-corrected chi connectivity index (χ2v) is 8.23. The van der Waals surface area contributed by atoms with Gasteiger partial charge >= 0.3 is 11.6 Å². The van der Waals surface area contributed by atoms with Crippen LogP contribution in [0.15, 0.2) is 63.8 Å². The third-order valence-electron chi connectivity index (χ3n) is 5.27. The average Bonchev–Trinajstić information content (AvgIpc) is 2.78. The standard InChI is InChI=1S/C27H29NO6/c1-17(2)16-32-22-9-10-23-18(3)24(27(31)34-25(23)15-22)11-12-26(30)28-14-13-20-5-7-21(8-6-20)33-19(4)29/h5-10,15H,1,11-14,16H2,2-4H3,(H,28,30). The fraction of sp³-hybridized carbons (Fsp3) is 0.296. The van der Waals surface area contributed by atoms with Crippen LogP contribution in [0.1, 0.15) is 37.0 Å². The molecule has 34 heavy (non-hydrogen) atoms. The van der Waals surface area contributed by atoms with Crippen LogP contribution < -0.4 is 20.4 Å². The molecule has 2 aromatic carbocycles. The van der Waals surface area contributed by atoms with Crippen molar-refractivity contribution in [2.24, 2.45) is 0 Å². The summed E-state index contributed by atoms with van der Waals surface area (Å²) >= 11 is 0. The molecule has 0 fully saturated rings. The van der Waals surface area contributed by atoms with E-state index in [4.69, 9.17) is 13.9 Å². The minimum atomic E-state index is -0.442. The first-order chi connectivity index (χ1) is 16.2. The molecule has 0 saturated heterocycles. The number of ether oxygens (including phenoxy) is 2. The van der Waals surface area contributed by atoms with Gasteiger partial charge < -0.3 is 19.2 Å². The van der Waals surface area contributed by atoms with Gasteiger partial charge in [0.15, 0.2) is 0 Å². The zero-order chi connectivity index (χ0) is 24.7. The van der Waals surface area contributed by atoms with Gasteiger partial charge in [-0.1, -0.05) is 18.7 Å². The topological polar surface area (TPSA) is 94.8 Å². The van der Waals surface area contributed by atoms with Gasteiger partial charge in [-0.05, 0) is 67.7 Å². The van der Waals surface area contributed by atoms with Crippen molar-refractivity contribution in [2.75, 3.05) is 13.2 Å². The Kier molecular flexibility index (Phi) is 8.24. The van der Waals surface area contributed by atoms with Crippen LogP contribution in [0.2, 0.25) is 0 Å². The molecule has 0 aliphatic rings. The Morgan fingerprint density at radius 2 is 1.74 bits per heavy atom. The first kappa shape index (κ1) is 24.8. The maximum Gasteiger partial charge on any atom is 0.339 e. The molecule has 3 rings (SSSR count). The van der Waals surface area contributed by atoms with E-state index in [9.17, 15) is 14.4 Å². The molecule has 3 aromatic rings. The Morgan fingerprint density at radius 1 is 1.03 bits per heavy atom. The highest BCUT2D eigenvalue weighted by molar-refractivity contribution is 5.82. The lowest BCUT2D eigenvalue weighted by Gasteiger charge is -2.10. The number of nitrogens with one attached hydrogen (secondary N) is 1. The minimum absolute atomic E-state index is 0.140. The number of carbonyl (C=O) groups is 2. The van der Waals surface area contributed by atoms with E-state index in [2.05, 4.69) is 11.9 Å². The third kappa shape index (κ3) is 6.81. The van der Waals surface area contributed by atoms with Gasteiger partial charge in [-0.2, -0.15) is 0 Å². The van der Waals surface area contributed by atoms with E-state index in [1.54, 1.807) is 18.2 Å². The molecular weight excluding hydrogens is 434 g/mol. The van der Waals surface area contributed by atoms with Crippen molar-refractivity contribution < 1.29 is 23.5 Å². The molecule has 0 aliphatic carbocycles. The van der Waals surface area contributed by atoms with E-state index >= 15 is 0 Å². The number of fused-ring (bicyclic) bond motifs is 1. The highest BCUT2D eigenvalue weighted by Crippen LogP contribution is 2.25. The highest BCUT2D eigenvalue weighted by Gasteiger charge is 2.14. The van der Waals surface area contributed by atoms with Crippen molar-refractivity contribution >= 4 is 22.8 Å². The van der Waals surface area contributed by atoms with E-state index in [1.165, 1.54) is 6.92 Å². The lowest BCUT2D eigenvalue weighted by Crippen LogP contribution is -2.26. The van der Waals surface area contributed by atoms with E-state index in [1.807, 2.05) is 38.1 Å². The summed E-state index contributed by atoms with van der Waals surface area (Å²) in [5.74, 6) is 0.582. The Labute approximate surface area is 198 Å². The molecule has 0 saturated carbocycles. The van der Waals surface area contributed by atoms with Gasteiger partial charge in [0.2, 0.25) is 5.91 Å². The van der Waals surface area contributed by atoms with Gasteiger partial charge in [-0.3, -0.25) is 9.59 Å². The Bertz CT molecular complexity index is 1260. The number of rotatable bonds is 10. The molecule has 1 aromatic heterocycles. The zero-order valence-corrected chi connectivity index (χ0v) is 19.7. The van der Waals surface area contributed by atoms with E-state index in [0.29, 0.717) is 48.6 Å². The monoisotopic (exact) mass is 463 g/mol. The summed E-state index contributed by atoms with van der Waals surface area (Å²) in [7, 11) is 0. The Balaban J connectivity index is 1.55. The number of hydrogen-bond acceptors (Lipinski definition) is 6. The number of carbonyl (C=O) groups excluding carboxylic acids is 2. The largest absolute Gasteiger partial charge is 0.489 e. The van der Waals surface area contributed by atoms with Crippen LogP contribution >= 0.6 is 0 Å². The van der Waals surface area contributed by atoms with Crippen molar-refractivity contribution in [1.29, 1.82) is 0 Å². The van der Waals surface area contributed by atoms with E-state index in [-0.39, 0.29) is 18.3 Å². The van der Waals surface area contributed by atoms with Crippen LogP contribution in [0.4, 0.5) is 0 Å². The maximum atomic E-state index is 12.6. The van der Waals surface area contributed by atoms with Crippen LogP contribution in [0.5, 0.6) is 11.5 Å². The molecule has 0 atom stereocenters. The van der Waals surface area contributed by atoms with Crippen molar-refractivity contribution in [3.8, 4) is 11.5 Å². The lowest BCUT2D eigenvalue weighted by molar-refractivity contribution is -0.131. The first-order valence-electron chi connectivity index (χ1n) is 11.1. The van der Waals surface area contributed by atoms with Gasteiger partial charge in [-0.25, -0.2) is 4.79 Å². The summed E-state index contributed by atoms with van der Waals surface area (Å²) in [6.45, 7) is 9.74. The predicted octanol–water partition coefficient (Wildman–Crippen LogP) is 4.27. The molecular formula is C27H29NO6. The SMILES string of the molecule is C=C(C)COc1ccc2c(C)c(CCC(=O)NCCc3ccc(OC(C)=O)cc3)c(=O)oc2c1. The maximum absolute atomic E-state index is 12.6. The number of amides is 1. The van der Waals surface area contributed by atoms with Crippen molar-refractivity contribution in [3.63, 3.8) is 0 Å². The summed E-state index contributed by atoms with van der Waals surface area (Å²) in [4.78, 5) is 35.8. The molecule has 0 bridgehead atoms. The number of aryl methyl sites for hydroxylation is 1. The van der Waals surface area contributed by atoms with Gasteiger partial charge in [0.1, 0.15) is 23.7 Å². The second-order valence-electron chi connectivity index (χ2n) is 8.23. The average molecular weight is 464 g/mol. The predicted molar refractivity (Wildman–Crippen MR) is 130 cm³/mol. The van der Waals surface area contributed by atoms with Crippen LogP contribution in [-0.4, -0.2) is 25.0 Å². The Morgan fingerprint density at radius 3 is 2.41 bits per heavy atom. The third-order valence-corrected chi connectivity index (χ3v) is 5.27. The summed E-state index contributed by atoms with van der Waals surface area (Å²) < 4.78 is 16.1. The molecule has 1 N–H and O–H groups in total. The van der Waals surface area contributed by atoms with Crippen LogP contribution in [0, 0.1) is 6.92 Å². The molecule has 0 spiro atoms. The van der Waals surface area contributed by atoms with E-state index in [0.717, 1.165) is 22.1 Å². The lowest BCUT2D eigenvalue weighted by atomic mass is 10.0. The van der Waals surface area contributed by atoms with Crippen molar-refractivity contribution in [2.45, 2.75) is 40.0 Å². The Hall–Kier alpha value is -3.87. The van der Waals surface area contributed by atoms with Crippen LogP contribution in [0.3, 0.4) is 0 Å². The van der Waals surface area contributed by atoms with Crippen molar-refractivity contribution in [3.05, 3.63) is 81.7 Å². The summed E-state index contributed by atoms with van der Waals surface area (Å²) in [5.41, 5.74) is 3.22.